The van der Waals surface area contributed by atoms with E-state index in [0.29, 0.717) is 35.4 Å². The number of benzene rings is 1. The molecule has 0 radical (unpaired) electrons. The molecule has 2 heterocycles. The van der Waals surface area contributed by atoms with Crippen LogP contribution in [0.5, 0.6) is 11.5 Å². The van der Waals surface area contributed by atoms with Crippen molar-refractivity contribution < 1.29 is 14.3 Å². The summed E-state index contributed by atoms with van der Waals surface area (Å²) in [6.45, 7) is 2.22. The molecule has 0 fully saturated rings. The molecule has 0 bridgehead atoms. The van der Waals surface area contributed by atoms with Crippen LogP contribution in [0.2, 0.25) is 0 Å². The number of nitrogens with zero attached hydrogens (tertiary/aromatic N) is 3. The monoisotopic (exact) mass is 379 g/mol. The fourth-order valence-corrected chi connectivity index (χ4v) is 2.55. The zero-order chi connectivity index (χ0) is 19.9. The molecule has 0 atom stereocenters. The largest absolute Gasteiger partial charge is 0.497 e. The summed E-state index contributed by atoms with van der Waals surface area (Å²) in [7, 11) is 3.09. The maximum absolute atomic E-state index is 12.7. The van der Waals surface area contributed by atoms with E-state index in [2.05, 4.69) is 25.6 Å². The zero-order valence-corrected chi connectivity index (χ0v) is 15.9. The maximum Gasteiger partial charge on any atom is 0.274 e. The van der Waals surface area contributed by atoms with Crippen LogP contribution >= 0.6 is 0 Å². The van der Waals surface area contributed by atoms with Gasteiger partial charge in [0, 0.05) is 18.3 Å². The Morgan fingerprint density at radius 3 is 2.64 bits per heavy atom. The van der Waals surface area contributed by atoms with Crippen LogP contribution in [0, 0.1) is 6.92 Å². The highest BCUT2D eigenvalue weighted by Gasteiger charge is 2.14. The fourth-order valence-electron chi connectivity index (χ4n) is 2.55. The Balaban J connectivity index is 1.76. The van der Waals surface area contributed by atoms with Crippen molar-refractivity contribution in [2.45, 2.75) is 13.5 Å². The number of carbonyl (C=O) groups is 1. The number of carbonyl (C=O) groups excluding carboxylic acids is 1. The number of hydrogen-bond donors (Lipinski definition) is 2. The predicted octanol–water partition coefficient (Wildman–Crippen LogP) is 3.06. The third-order valence-corrected chi connectivity index (χ3v) is 3.90. The Morgan fingerprint density at radius 1 is 1.07 bits per heavy atom. The van der Waals surface area contributed by atoms with Gasteiger partial charge in [-0.2, -0.15) is 0 Å². The third-order valence-electron chi connectivity index (χ3n) is 3.90. The number of hydrogen-bond acceptors (Lipinski definition) is 7. The van der Waals surface area contributed by atoms with Crippen molar-refractivity contribution in [3.05, 3.63) is 65.9 Å². The average molecular weight is 379 g/mol. The van der Waals surface area contributed by atoms with Crippen LogP contribution in [0.4, 0.5) is 11.5 Å². The highest BCUT2D eigenvalue weighted by Crippen LogP contribution is 2.29. The molecule has 3 rings (SSSR count). The average Bonchev–Trinajstić information content (AvgIpc) is 2.73. The van der Waals surface area contributed by atoms with Gasteiger partial charge in [-0.3, -0.25) is 9.78 Å². The van der Waals surface area contributed by atoms with Crippen molar-refractivity contribution in [3.8, 4) is 11.5 Å². The molecule has 0 aliphatic carbocycles. The lowest BCUT2D eigenvalue weighted by atomic mass is 10.2. The number of methoxy groups -OCH3 is 2. The molecule has 8 heteroatoms. The smallest absolute Gasteiger partial charge is 0.274 e. The second kappa shape index (κ2) is 8.81. The first kappa shape index (κ1) is 19.1. The normalized spacial score (nSPS) is 10.2. The number of amides is 1. The number of pyridine rings is 1. The Labute approximate surface area is 163 Å². The van der Waals surface area contributed by atoms with Crippen LogP contribution in [0.1, 0.15) is 22.0 Å². The minimum absolute atomic E-state index is 0.244. The molecule has 144 valence electrons. The SMILES string of the molecule is COc1ccc(NC(=O)c2cc(NCc3ccccn3)nc(C)n2)c(OC)c1. The van der Waals surface area contributed by atoms with Crippen LogP contribution in [0.3, 0.4) is 0 Å². The Bertz CT molecular complexity index is 963. The lowest BCUT2D eigenvalue weighted by Crippen LogP contribution is -2.16. The number of anilines is 2. The van der Waals surface area contributed by atoms with Crippen LogP contribution in [-0.4, -0.2) is 35.1 Å². The minimum Gasteiger partial charge on any atom is -0.497 e. The summed E-state index contributed by atoms with van der Waals surface area (Å²) >= 11 is 0. The van der Waals surface area contributed by atoms with E-state index in [4.69, 9.17) is 9.47 Å². The molecule has 8 nitrogen and oxygen atoms in total. The summed E-state index contributed by atoms with van der Waals surface area (Å²) in [5.41, 5.74) is 1.63. The van der Waals surface area contributed by atoms with Crippen LogP contribution in [0.25, 0.3) is 0 Å². The van der Waals surface area contributed by atoms with Crippen molar-refractivity contribution in [2.75, 3.05) is 24.9 Å². The summed E-state index contributed by atoms with van der Waals surface area (Å²) in [5.74, 6) is 1.79. The van der Waals surface area contributed by atoms with E-state index in [1.807, 2.05) is 18.2 Å². The van der Waals surface area contributed by atoms with Crippen LogP contribution in [0.15, 0.2) is 48.7 Å². The molecule has 1 aromatic carbocycles. The Morgan fingerprint density at radius 2 is 1.93 bits per heavy atom. The number of aromatic nitrogens is 3. The van der Waals surface area contributed by atoms with Gasteiger partial charge in [0.2, 0.25) is 0 Å². The van der Waals surface area contributed by atoms with Gasteiger partial charge in [0.1, 0.15) is 28.8 Å². The van der Waals surface area contributed by atoms with Crippen LogP contribution in [-0.2, 0) is 6.54 Å². The second-order valence-electron chi connectivity index (χ2n) is 5.88. The number of ether oxygens (including phenoxy) is 2. The van der Waals surface area contributed by atoms with Crippen molar-refractivity contribution in [2.24, 2.45) is 0 Å². The van der Waals surface area contributed by atoms with E-state index in [1.165, 1.54) is 7.11 Å². The second-order valence-corrected chi connectivity index (χ2v) is 5.88. The van der Waals surface area contributed by atoms with Gasteiger partial charge in [-0.1, -0.05) is 6.07 Å². The Hall–Kier alpha value is -3.68. The molecule has 0 aliphatic heterocycles. The molecule has 3 aromatic rings. The van der Waals surface area contributed by atoms with E-state index >= 15 is 0 Å². The minimum atomic E-state index is -0.366. The van der Waals surface area contributed by atoms with Gasteiger partial charge >= 0.3 is 0 Å². The van der Waals surface area contributed by atoms with E-state index in [9.17, 15) is 4.79 Å². The van der Waals surface area contributed by atoms with Crippen molar-refractivity contribution in [1.29, 1.82) is 0 Å². The molecule has 0 saturated heterocycles. The topological polar surface area (TPSA) is 98.3 Å². The van der Waals surface area contributed by atoms with E-state index < -0.39 is 0 Å². The molecular weight excluding hydrogens is 358 g/mol. The van der Waals surface area contributed by atoms with Gasteiger partial charge in [0.05, 0.1) is 32.1 Å². The molecule has 0 unspecified atom stereocenters. The zero-order valence-electron chi connectivity index (χ0n) is 15.9. The third kappa shape index (κ3) is 4.73. The fraction of sp³-hybridized carbons (Fsp3) is 0.200. The first-order chi connectivity index (χ1) is 13.6. The first-order valence-electron chi connectivity index (χ1n) is 8.62. The quantitative estimate of drug-likeness (QED) is 0.651. The molecule has 0 saturated carbocycles. The maximum atomic E-state index is 12.7. The lowest BCUT2D eigenvalue weighted by molar-refractivity contribution is 0.102. The molecule has 0 spiro atoms. The first-order valence-corrected chi connectivity index (χ1v) is 8.62. The summed E-state index contributed by atoms with van der Waals surface area (Å²) in [5, 5.41) is 5.97. The van der Waals surface area contributed by atoms with Crippen molar-refractivity contribution in [3.63, 3.8) is 0 Å². The predicted molar refractivity (Wildman–Crippen MR) is 106 cm³/mol. The number of rotatable bonds is 7. The van der Waals surface area contributed by atoms with E-state index in [1.54, 1.807) is 44.5 Å². The van der Waals surface area contributed by atoms with Crippen LogP contribution < -0.4 is 20.1 Å². The number of nitrogens with one attached hydrogen (secondary N) is 2. The highest BCUT2D eigenvalue weighted by atomic mass is 16.5. The van der Waals surface area contributed by atoms with Gasteiger partial charge in [0.25, 0.3) is 5.91 Å². The summed E-state index contributed by atoms with van der Waals surface area (Å²) in [6, 6.07) is 12.4. The van der Waals surface area contributed by atoms with Gasteiger partial charge in [-0.25, -0.2) is 9.97 Å². The molecule has 28 heavy (non-hydrogen) atoms. The number of aryl methyl sites for hydroxylation is 1. The van der Waals surface area contributed by atoms with E-state index in [0.717, 1.165) is 5.69 Å². The van der Waals surface area contributed by atoms with Gasteiger partial charge in [0.15, 0.2) is 0 Å². The summed E-state index contributed by atoms with van der Waals surface area (Å²) in [4.78, 5) is 25.5. The Kier molecular flexibility index (Phi) is 6.01. The summed E-state index contributed by atoms with van der Waals surface area (Å²) < 4.78 is 10.5. The molecule has 0 aliphatic rings. The van der Waals surface area contributed by atoms with Gasteiger partial charge in [-0.15, -0.1) is 0 Å². The van der Waals surface area contributed by atoms with E-state index in [-0.39, 0.29) is 11.6 Å². The van der Waals surface area contributed by atoms with Gasteiger partial charge < -0.3 is 20.1 Å². The summed E-state index contributed by atoms with van der Waals surface area (Å²) in [6.07, 6.45) is 1.73. The molecule has 2 N–H and O–H groups in total. The van der Waals surface area contributed by atoms with Crippen molar-refractivity contribution >= 4 is 17.4 Å². The highest BCUT2D eigenvalue weighted by molar-refractivity contribution is 6.04. The van der Waals surface area contributed by atoms with Crippen molar-refractivity contribution in [1.82, 2.24) is 15.0 Å². The molecular formula is C20H21N5O3. The molecule has 1 amide bonds. The lowest BCUT2D eigenvalue weighted by Gasteiger charge is -2.12. The van der Waals surface area contributed by atoms with Gasteiger partial charge in [-0.05, 0) is 31.2 Å². The standard InChI is InChI=1S/C20H21N5O3/c1-13-23-17(11-19(24-13)22-12-14-6-4-5-9-21-14)20(26)25-16-8-7-15(27-2)10-18(16)28-3/h4-11H,12H2,1-3H3,(H,25,26)(H,22,23,24). The molecule has 2 aromatic heterocycles.